The van der Waals surface area contributed by atoms with Crippen LogP contribution in [0.25, 0.3) is 0 Å². The largest absolute Gasteiger partial charge is 0.494 e. The smallest absolute Gasteiger partial charge is 0.119 e. The molecular weight excluding hydrogens is 236 g/mol. The summed E-state index contributed by atoms with van der Waals surface area (Å²) in [6.07, 6.45) is 0.506. The maximum Gasteiger partial charge on any atom is 0.119 e. The number of hydrogen-bond donors (Lipinski definition) is 1. The van der Waals surface area contributed by atoms with Crippen molar-refractivity contribution in [1.29, 1.82) is 0 Å². The van der Waals surface area contributed by atoms with Crippen molar-refractivity contribution >= 4 is 0 Å². The fraction of sp³-hybridized carbons (Fsp3) is 0.294. The van der Waals surface area contributed by atoms with Crippen LogP contribution in [0.2, 0.25) is 0 Å². The van der Waals surface area contributed by atoms with E-state index in [0.717, 1.165) is 17.7 Å². The van der Waals surface area contributed by atoms with E-state index in [0.29, 0.717) is 6.61 Å². The Kier molecular flexibility index (Phi) is 3.26. The minimum atomic E-state index is -0.449. The molecule has 0 saturated carbocycles. The molecule has 0 fully saturated rings. The lowest BCUT2D eigenvalue weighted by molar-refractivity contribution is 0.134. The predicted molar refractivity (Wildman–Crippen MR) is 75.5 cm³/mol. The molecule has 2 aromatic rings. The van der Waals surface area contributed by atoms with E-state index < -0.39 is 6.10 Å². The topological polar surface area (TPSA) is 29.5 Å². The van der Waals surface area contributed by atoms with Gasteiger partial charge in [0.2, 0.25) is 0 Å². The lowest BCUT2D eigenvalue weighted by Crippen LogP contribution is -2.23. The van der Waals surface area contributed by atoms with E-state index >= 15 is 0 Å². The van der Waals surface area contributed by atoms with Crippen LogP contribution in [0.15, 0.2) is 48.5 Å². The van der Waals surface area contributed by atoms with Crippen LogP contribution in [0.5, 0.6) is 5.75 Å². The summed E-state index contributed by atoms with van der Waals surface area (Å²) in [5.41, 5.74) is 3.56. The Morgan fingerprint density at radius 2 is 2.05 bits per heavy atom. The van der Waals surface area contributed by atoms with Gasteiger partial charge >= 0.3 is 0 Å². The molecule has 1 aliphatic rings. The SMILES string of the molecule is CCOc1cccc(C(O)C2Cc3ccccc32)c1. The van der Waals surface area contributed by atoms with Crippen LogP contribution < -0.4 is 4.74 Å². The minimum absolute atomic E-state index is 0.216. The summed E-state index contributed by atoms with van der Waals surface area (Å²) in [5, 5.41) is 10.5. The van der Waals surface area contributed by atoms with E-state index in [9.17, 15) is 5.11 Å². The van der Waals surface area contributed by atoms with Crippen molar-refractivity contribution in [3.63, 3.8) is 0 Å². The van der Waals surface area contributed by atoms with Gasteiger partial charge in [0.05, 0.1) is 12.7 Å². The molecule has 3 rings (SSSR count). The van der Waals surface area contributed by atoms with Crippen LogP contribution in [-0.4, -0.2) is 11.7 Å². The highest BCUT2D eigenvalue weighted by Gasteiger charge is 2.32. The molecular formula is C17H18O2. The molecule has 0 aliphatic heterocycles. The normalized spacial score (nSPS) is 18.3. The Balaban J connectivity index is 1.82. The van der Waals surface area contributed by atoms with Gasteiger partial charge in [0, 0.05) is 5.92 Å². The number of rotatable bonds is 4. The van der Waals surface area contributed by atoms with Gasteiger partial charge in [-0.05, 0) is 42.2 Å². The van der Waals surface area contributed by atoms with Gasteiger partial charge in [-0.2, -0.15) is 0 Å². The Morgan fingerprint density at radius 3 is 2.84 bits per heavy atom. The Hall–Kier alpha value is -1.80. The Labute approximate surface area is 113 Å². The fourth-order valence-corrected chi connectivity index (χ4v) is 2.77. The summed E-state index contributed by atoms with van der Waals surface area (Å²) in [7, 11) is 0. The van der Waals surface area contributed by atoms with Crippen LogP contribution in [0.3, 0.4) is 0 Å². The van der Waals surface area contributed by atoms with Crippen molar-refractivity contribution in [3.8, 4) is 5.75 Å². The molecule has 0 heterocycles. The molecule has 1 aliphatic carbocycles. The first kappa shape index (κ1) is 12.2. The highest BCUT2D eigenvalue weighted by atomic mass is 16.5. The van der Waals surface area contributed by atoms with E-state index in [1.165, 1.54) is 11.1 Å². The van der Waals surface area contributed by atoms with Crippen LogP contribution >= 0.6 is 0 Å². The maximum absolute atomic E-state index is 10.5. The molecule has 2 aromatic carbocycles. The van der Waals surface area contributed by atoms with Crippen LogP contribution in [0.1, 0.15) is 35.6 Å². The lowest BCUT2D eigenvalue weighted by Gasteiger charge is -2.34. The number of fused-ring (bicyclic) bond motifs is 1. The summed E-state index contributed by atoms with van der Waals surface area (Å²) in [4.78, 5) is 0. The average molecular weight is 254 g/mol. The first-order valence-electron chi connectivity index (χ1n) is 6.78. The van der Waals surface area contributed by atoms with Gasteiger partial charge in [-0.1, -0.05) is 36.4 Å². The van der Waals surface area contributed by atoms with Crippen molar-refractivity contribution in [2.24, 2.45) is 0 Å². The molecule has 1 N–H and O–H groups in total. The third-order valence-electron chi connectivity index (χ3n) is 3.79. The van der Waals surface area contributed by atoms with Gasteiger partial charge in [0.1, 0.15) is 5.75 Å². The number of benzene rings is 2. The first-order valence-corrected chi connectivity index (χ1v) is 6.78. The standard InChI is InChI=1S/C17H18O2/c1-2-19-14-8-5-7-13(10-14)17(18)16-11-12-6-3-4-9-15(12)16/h3-10,16-18H,2,11H2,1H3. The third-order valence-corrected chi connectivity index (χ3v) is 3.79. The molecule has 2 atom stereocenters. The van der Waals surface area contributed by atoms with E-state index in [1.54, 1.807) is 0 Å². The van der Waals surface area contributed by atoms with Crippen LogP contribution in [-0.2, 0) is 6.42 Å². The second kappa shape index (κ2) is 5.06. The zero-order valence-corrected chi connectivity index (χ0v) is 11.0. The predicted octanol–water partition coefficient (Wildman–Crippen LogP) is 3.46. The summed E-state index contributed by atoms with van der Waals surface area (Å²) in [6, 6.07) is 16.1. The van der Waals surface area contributed by atoms with Gasteiger partial charge in [0.15, 0.2) is 0 Å². The number of hydrogen-bond acceptors (Lipinski definition) is 2. The molecule has 19 heavy (non-hydrogen) atoms. The van der Waals surface area contributed by atoms with Crippen molar-refractivity contribution in [2.75, 3.05) is 6.61 Å². The highest BCUT2D eigenvalue weighted by molar-refractivity contribution is 5.43. The highest BCUT2D eigenvalue weighted by Crippen LogP contribution is 2.43. The zero-order chi connectivity index (χ0) is 13.2. The van der Waals surface area contributed by atoms with E-state index in [-0.39, 0.29) is 5.92 Å². The van der Waals surface area contributed by atoms with E-state index in [2.05, 4.69) is 18.2 Å². The van der Waals surface area contributed by atoms with Gasteiger partial charge < -0.3 is 9.84 Å². The summed E-state index contributed by atoms with van der Waals surface area (Å²) in [5.74, 6) is 1.04. The van der Waals surface area contributed by atoms with Gasteiger partial charge in [-0.25, -0.2) is 0 Å². The molecule has 2 unspecified atom stereocenters. The monoisotopic (exact) mass is 254 g/mol. The van der Waals surface area contributed by atoms with Crippen molar-refractivity contribution < 1.29 is 9.84 Å². The molecule has 0 amide bonds. The second-order valence-corrected chi connectivity index (χ2v) is 4.96. The molecule has 0 bridgehead atoms. The maximum atomic E-state index is 10.5. The minimum Gasteiger partial charge on any atom is -0.494 e. The number of aliphatic hydroxyl groups excluding tert-OH is 1. The van der Waals surface area contributed by atoms with E-state index in [4.69, 9.17) is 4.74 Å². The van der Waals surface area contributed by atoms with Crippen LogP contribution in [0, 0.1) is 0 Å². The summed E-state index contributed by atoms with van der Waals surface area (Å²) in [6.45, 7) is 2.61. The quantitative estimate of drug-likeness (QED) is 0.905. The molecule has 0 radical (unpaired) electrons. The van der Waals surface area contributed by atoms with Crippen molar-refractivity contribution in [2.45, 2.75) is 25.4 Å². The summed E-state index contributed by atoms with van der Waals surface area (Å²) >= 11 is 0. The fourth-order valence-electron chi connectivity index (χ4n) is 2.77. The van der Waals surface area contributed by atoms with Gasteiger partial charge in [-0.3, -0.25) is 0 Å². The molecule has 0 spiro atoms. The van der Waals surface area contributed by atoms with Crippen molar-refractivity contribution in [3.05, 3.63) is 65.2 Å². The number of ether oxygens (including phenoxy) is 1. The van der Waals surface area contributed by atoms with E-state index in [1.807, 2.05) is 37.3 Å². The summed E-state index contributed by atoms with van der Waals surface area (Å²) < 4.78 is 5.49. The second-order valence-electron chi connectivity index (χ2n) is 4.96. The van der Waals surface area contributed by atoms with Gasteiger partial charge in [-0.15, -0.1) is 0 Å². The molecule has 0 saturated heterocycles. The third kappa shape index (κ3) is 2.24. The zero-order valence-electron chi connectivity index (χ0n) is 11.0. The van der Waals surface area contributed by atoms with Crippen LogP contribution in [0.4, 0.5) is 0 Å². The molecule has 0 aromatic heterocycles. The average Bonchev–Trinajstić information content (AvgIpc) is 2.41. The molecule has 98 valence electrons. The molecule has 2 heteroatoms. The van der Waals surface area contributed by atoms with Crippen molar-refractivity contribution in [1.82, 2.24) is 0 Å². The lowest BCUT2D eigenvalue weighted by atomic mass is 9.73. The Bertz CT molecular complexity index is 577. The van der Waals surface area contributed by atoms with Gasteiger partial charge in [0.25, 0.3) is 0 Å². The molecule has 2 nitrogen and oxygen atoms in total. The Morgan fingerprint density at radius 1 is 1.21 bits per heavy atom. The first-order chi connectivity index (χ1) is 9.29. The number of aliphatic hydroxyl groups is 1.